The smallest absolute Gasteiger partial charge is 0.331 e. The Labute approximate surface area is 176 Å². The fraction of sp³-hybridized carbons (Fsp3) is 0.654. The molecule has 1 N–H and O–H groups in total. The molecule has 3 heteroatoms. The van der Waals surface area contributed by atoms with E-state index in [4.69, 9.17) is 4.74 Å². The summed E-state index contributed by atoms with van der Waals surface area (Å²) in [6, 6.07) is 6.69. The summed E-state index contributed by atoms with van der Waals surface area (Å²) >= 11 is 0. The third kappa shape index (κ3) is 3.98. The minimum atomic E-state index is -0.789. The number of fused-ring (bicyclic) bond motifs is 3. The highest BCUT2D eigenvalue weighted by molar-refractivity contribution is 5.87. The molecule has 160 valence electrons. The number of benzene rings is 1. The Balaban J connectivity index is 1.93. The highest BCUT2D eigenvalue weighted by Crippen LogP contribution is 2.59. The van der Waals surface area contributed by atoms with Crippen LogP contribution in [0, 0.1) is 5.41 Å². The summed E-state index contributed by atoms with van der Waals surface area (Å²) < 4.78 is 6.59. The largest absolute Gasteiger partial charge is 0.487 e. The molecule has 0 saturated carbocycles. The Morgan fingerprint density at radius 2 is 1.93 bits per heavy atom. The first-order valence-corrected chi connectivity index (χ1v) is 11.3. The summed E-state index contributed by atoms with van der Waals surface area (Å²) in [6.45, 7) is 13.5. The van der Waals surface area contributed by atoms with Gasteiger partial charge < -0.3 is 9.84 Å². The molecule has 1 aliphatic carbocycles. The van der Waals surface area contributed by atoms with Crippen LogP contribution < -0.4 is 4.74 Å². The molecule has 0 amide bonds. The van der Waals surface area contributed by atoms with E-state index in [-0.39, 0.29) is 22.3 Å². The fourth-order valence-corrected chi connectivity index (χ4v) is 5.16. The number of carbonyl (C=O) groups is 1. The van der Waals surface area contributed by atoms with Crippen LogP contribution in [0.5, 0.6) is 5.75 Å². The maximum absolute atomic E-state index is 11.6. The van der Waals surface area contributed by atoms with Crippen LogP contribution in [0.1, 0.15) is 104 Å². The molecule has 2 atom stereocenters. The van der Waals surface area contributed by atoms with Gasteiger partial charge in [0.25, 0.3) is 0 Å². The van der Waals surface area contributed by atoms with Crippen molar-refractivity contribution < 1.29 is 14.6 Å². The fourth-order valence-electron chi connectivity index (χ4n) is 5.16. The van der Waals surface area contributed by atoms with Gasteiger partial charge in [-0.25, -0.2) is 4.79 Å². The van der Waals surface area contributed by atoms with E-state index in [1.807, 2.05) is 6.08 Å². The van der Waals surface area contributed by atoms with E-state index in [1.54, 1.807) is 0 Å². The summed E-state index contributed by atoms with van der Waals surface area (Å²) in [7, 11) is 0. The summed E-state index contributed by atoms with van der Waals surface area (Å²) in [5.41, 5.74) is 2.67. The molecule has 1 aliphatic heterocycles. The van der Waals surface area contributed by atoms with Gasteiger partial charge in [-0.15, -0.1) is 0 Å². The van der Waals surface area contributed by atoms with Crippen molar-refractivity contribution >= 4 is 5.97 Å². The molecule has 3 rings (SSSR count). The standard InChI is InChI=1S/C26H38O3/c1-7-8-9-10-14-24(2,3)19-11-12-20-21-16-18(23(27)28)13-15-26(21,6)25(4,5)29-22(20)17-19/h11-13,17,21H,7-10,14-16H2,1-6H3,(H,27,28)/t21-,26+/m0/s1. The summed E-state index contributed by atoms with van der Waals surface area (Å²) in [5.74, 6) is 0.324. The highest BCUT2D eigenvalue weighted by Gasteiger charge is 2.54. The van der Waals surface area contributed by atoms with E-state index < -0.39 is 5.97 Å². The van der Waals surface area contributed by atoms with Gasteiger partial charge in [-0.1, -0.05) is 71.6 Å². The topological polar surface area (TPSA) is 46.5 Å². The van der Waals surface area contributed by atoms with Crippen molar-refractivity contribution in [1.82, 2.24) is 0 Å². The molecule has 3 nitrogen and oxygen atoms in total. The Morgan fingerprint density at radius 1 is 1.21 bits per heavy atom. The SMILES string of the molecule is CCCCCCC(C)(C)c1ccc2c(c1)OC(C)(C)[C@]1(C)CC=C(C(=O)O)C[C@@H]21. The van der Waals surface area contributed by atoms with Gasteiger partial charge in [-0.05, 0) is 55.7 Å². The number of unbranched alkanes of at least 4 members (excludes halogenated alkanes) is 3. The Hall–Kier alpha value is -1.77. The maximum Gasteiger partial charge on any atom is 0.331 e. The van der Waals surface area contributed by atoms with Crippen LogP contribution in [0.25, 0.3) is 0 Å². The monoisotopic (exact) mass is 398 g/mol. The van der Waals surface area contributed by atoms with E-state index in [0.29, 0.717) is 12.0 Å². The minimum Gasteiger partial charge on any atom is -0.487 e. The number of rotatable bonds is 7. The molecule has 0 unspecified atom stereocenters. The lowest BCUT2D eigenvalue weighted by atomic mass is 9.56. The average Bonchev–Trinajstić information content (AvgIpc) is 2.64. The molecule has 1 aromatic carbocycles. The predicted octanol–water partition coefficient (Wildman–Crippen LogP) is 7.00. The van der Waals surface area contributed by atoms with E-state index >= 15 is 0 Å². The number of hydrogen-bond acceptors (Lipinski definition) is 2. The van der Waals surface area contributed by atoms with Gasteiger partial charge in [0.1, 0.15) is 11.4 Å². The summed E-state index contributed by atoms with van der Waals surface area (Å²) in [4.78, 5) is 11.6. The molecule has 0 radical (unpaired) electrons. The number of allylic oxidation sites excluding steroid dienone is 1. The molecular weight excluding hydrogens is 360 g/mol. The summed E-state index contributed by atoms with van der Waals surface area (Å²) in [5, 5.41) is 9.56. The highest BCUT2D eigenvalue weighted by atomic mass is 16.5. The molecule has 1 heterocycles. The van der Waals surface area contributed by atoms with Crippen LogP contribution in [-0.4, -0.2) is 16.7 Å². The van der Waals surface area contributed by atoms with Gasteiger partial charge in [0, 0.05) is 16.9 Å². The van der Waals surface area contributed by atoms with E-state index in [2.05, 4.69) is 59.7 Å². The lowest BCUT2D eigenvalue weighted by Crippen LogP contribution is -2.53. The number of hydrogen-bond donors (Lipinski definition) is 1. The van der Waals surface area contributed by atoms with Crippen molar-refractivity contribution in [2.75, 3.05) is 0 Å². The first-order valence-electron chi connectivity index (χ1n) is 11.3. The van der Waals surface area contributed by atoms with E-state index in [9.17, 15) is 9.90 Å². The lowest BCUT2D eigenvalue weighted by Gasteiger charge is -2.54. The lowest BCUT2D eigenvalue weighted by molar-refractivity contribution is -0.133. The second-order valence-electron chi connectivity index (χ2n) is 10.5. The Kier molecular flexibility index (Phi) is 5.91. The van der Waals surface area contributed by atoms with Crippen molar-refractivity contribution in [2.24, 2.45) is 5.41 Å². The third-order valence-corrected chi connectivity index (χ3v) is 7.81. The van der Waals surface area contributed by atoms with Gasteiger partial charge >= 0.3 is 5.97 Å². The molecule has 29 heavy (non-hydrogen) atoms. The molecule has 0 aromatic heterocycles. The van der Waals surface area contributed by atoms with Crippen LogP contribution in [0.4, 0.5) is 0 Å². The van der Waals surface area contributed by atoms with Crippen LogP contribution in [0.2, 0.25) is 0 Å². The van der Waals surface area contributed by atoms with Gasteiger partial charge in [-0.2, -0.15) is 0 Å². The normalized spacial score (nSPS) is 25.4. The first-order chi connectivity index (χ1) is 13.5. The van der Waals surface area contributed by atoms with Crippen molar-refractivity contribution in [2.45, 2.75) is 103 Å². The average molecular weight is 399 g/mol. The molecule has 0 fully saturated rings. The van der Waals surface area contributed by atoms with Crippen molar-refractivity contribution in [3.8, 4) is 5.75 Å². The van der Waals surface area contributed by atoms with Gasteiger partial charge in [0.2, 0.25) is 0 Å². The van der Waals surface area contributed by atoms with Crippen LogP contribution in [-0.2, 0) is 10.2 Å². The van der Waals surface area contributed by atoms with Crippen LogP contribution in [0.3, 0.4) is 0 Å². The van der Waals surface area contributed by atoms with E-state index in [0.717, 1.165) is 12.2 Å². The molecule has 0 saturated heterocycles. The zero-order chi connectivity index (χ0) is 21.4. The van der Waals surface area contributed by atoms with Crippen molar-refractivity contribution in [3.63, 3.8) is 0 Å². The first kappa shape index (κ1) is 21.9. The Bertz CT molecular complexity index is 802. The third-order valence-electron chi connectivity index (χ3n) is 7.81. The van der Waals surface area contributed by atoms with Gasteiger partial charge in [0.15, 0.2) is 0 Å². The van der Waals surface area contributed by atoms with Crippen molar-refractivity contribution in [1.29, 1.82) is 0 Å². The van der Waals surface area contributed by atoms with Crippen LogP contribution >= 0.6 is 0 Å². The zero-order valence-electron chi connectivity index (χ0n) is 19.1. The van der Waals surface area contributed by atoms with Crippen LogP contribution in [0.15, 0.2) is 29.8 Å². The van der Waals surface area contributed by atoms with Crippen molar-refractivity contribution in [3.05, 3.63) is 41.0 Å². The molecule has 0 spiro atoms. The maximum atomic E-state index is 11.6. The predicted molar refractivity (Wildman–Crippen MR) is 119 cm³/mol. The number of aliphatic carboxylic acids is 1. The number of ether oxygens (including phenoxy) is 1. The molecular formula is C26H38O3. The quantitative estimate of drug-likeness (QED) is 0.503. The number of carboxylic acid groups (broad SMARTS) is 1. The second kappa shape index (κ2) is 7.81. The summed E-state index contributed by atoms with van der Waals surface area (Å²) in [6.07, 6.45) is 9.48. The minimum absolute atomic E-state index is 0.107. The van der Waals surface area contributed by atoms with E-state index in [1.165, 1.54) is 43.2 Å². The van der Waals surface area contributed by atoms with Gasteiger partial charge in [-0.3, -0.25) is 0 Å². The number of carboxylic acids is 1. The molecule has 0 bridgehead atoms. The Morgan fingerprint density at radius 3 is 2.59 bits per heavy atom. The van der Waals surface area contributed by atoms with Gasteiger partial charge in [0.05, 0.1) is 0 Å². The molecule has 1 aromatic rings. The zero-order valence-corrected chi connectivity index (χ0v) is 19.1. The molecule has 2 aliphatic rings. The second-order valence-corrected chi connectivity index (χ2v) is 10.5.